The van der Waals surface area contributed by atoms with Gasteiger partial charge in [0.15, 0.2) is 0 Å². The predicted molar refractivity (Wildman–Crippen MR) is 102 cm³/mol. The Balaban J connectivity index is 2.49. The van der Waals surface area contributed by atoms with Gasteiger partial charge < -0.3 is 4.74 Å². The molecule has 1 aliphatic rings. The van der Waals surface area contributed by atoms with Crippen molar-refractivity contribution in [3.05, 3.63) is 12.2 Å². The van der Waals surface area contributed by atoms with E-state index < -0.39 is 0 Å². The van der Waals surface area contributed by atoms with Crippen molar-refractivity contribution in [2.24, 2.45) is 5.92 Å². The summed E-state index contributed by atoms with van der Waals surface area (Å²) >= 11 is 4.98. The van der Waals surface area contributed by atoms with Crippen LogP contribution in [0.25, 0.3) is 0 Å². The lowest BCUT2D eigenvalue weighted by Crippen LogP contribution is -2.35. The zero-order valence-corrected chi connectivity index (χ0v) is 15.9. The van der Waals surface area contributed by atoms with E-state index in [1.165, 1.54) is 76.2 Å². The predicted octanol–water partition coefficient (Wildman–Crippen LogP) is 6.58. The number of rotatable bonds is 12. The highest BCUT2D eigenvalue weighted by Crippen LogP contribution is 2.34. The van der Waals surface area contributed by atoms with E-state index in [0.29, 0.717) is 17.3 Å². The van der Waals surface area contributed by atoms with Crippen LogP contribution in [-0.2, 0) is 4.74 Å². The van der Waals surface area contributed by atoms with Gasteiger partial charge in [-0.05, 0) is 38.5 Å². The Bertz CT molecular complexity index is 283. The molecule has 3 atom stereocenters. The van der Waals surface area contributed by atoms with Gasteiger partial charge >= 0.3 is 0 Å². The first kappa shape index (κ1) is 20.1. The van der Waals surface area contributed by atoms with Crippen LogP contribution in [-0.4, -0.2) is 18.0 Å². The zero-order chi connectivity index (χ0) is 16.2. The molecule has 0 aromatic carbocycles. The van der Waals surface area contributed by atoms with Crippen LogP contribution < -0.4 is 0 Å². The molecule has 1 heterocycles. The van der Waals surface area contributed by atoms with Crippen LogP contribution >= 0.6 is 12.6 Å². The highest BCUT2D eigenvalue weighted by molar-refractivity contribution is 7.81. The Morgan fingerprint density at radius 3 is 2.45 bits per heavy atom. The fraction of sp³-hybridized carbons (Fsp3) is 0.900. The van der Waals surface area contributed by atoms with E-state index in [2.05, 4.69) is 20.4 Å². The van der Waals surface area contributed by atoms with Crippen LogP contribution in [0.15, 0.2) is 12.2 Å². The standard InChI is InChI=1S/C20H38OS/c1-4-6-8-9-10-15-19(22)20(17(3)13-7-5-2)18-14-11-12-16-21-18/h18-20,22H,3-16H2,1-2H3. The average Bonchev–Trinajstić information content (AvgIpc) is 2.54. The molecule has 1 aliphatic heterocycles. The molecule has 1 rings (SSSR count). The van der Waals surface area contributed by atoms with Crippen molar-refractivity contribution in [1.29, 1.82) is 0 Å². The molecule has 0 amide bonds. The number of thiol groups is 1. The van der Waals surface area contributed by atoms with Crippen molar-refractivity contribution in [1.82, 2.24) is 0 Å². The first-order valence-corrected chi connectivity index (χ1v) is 10.2. The van der Waals surface area contributed by atoms with Gasteiger partial charge in [-0.2, -0.15) is 12.6 Å². The molecule has 1 saturated heterocycles. The maximum atomic E-state index is 6.10. The van der Waals surface area contributed by atoms with Gasteiger partial charge in [0.25, 0.3) is 0 Å². The van der Waals surface area contributed by atoms with E-state index >= 15 is 0 Å². The van der Waals surface area contributed by atoms with E-state index in [4.69, 9.17) is 17.4 Å². The van der Waals surface area contributed by atoms with Gasteiger partial charge in [0.1, 0.15) is 0 Å². The number of hydrogen-bond donors (Lipinski definition) is 1. The Labute approximate surface area is 144 Å². The summed E-state index contributed by atoms with van der Waals surface area (Å²) in [6, 6.07) is 0. The molecule has 0 aromatic rings. The number of hydrogen-bond acceptors (Lipinski definition) is 2. The molecule has 22 heavy (non-hydrogen) atoms. The molecule has 2 heteroatoms. The Hall–Kier alpha value is 0.0500. The van der Waals surface area contributed by atoms with Gasteiger partial charge in [0.05, 0.1) is 6.10 Å². The van der Waals surface area contributed by atoms with Gasteiger partial charge in [-0.3, -0.25) is 0 Å². The molecule has 0 bridgehead atoms. The molecule has 0 spiro atoms. The molecule has 1 fully saturated rings. The largest absolute Gasteiger partial charge is 0.378 e. The lowest BCUT2D eigenvalue weighted by atomic mass is 9.83. The highest BCUT2D eigenvalue weighted by atomic mass is 32.1. The topological polar surface area (TPSA) is 9.23 Å². The summed E-state index contributed by atoms with van der Waals surface area (Å²) in [5, 5.41) is 0.425. The minimum absolute atomic E-state index is 0.372. The molecule has 0 aromatic heterocycles. The molecule has 0 aliphatic carbocycles. The monoisotopic (exact) mass is 326 g/mol. The fourth-order valence-electron chi connectivity index (χ4n) is 3.54. The average molecular weight is 327 g/mol. The Kier molecular flexibility index (Phi) is 11.4. The lowest BCUT2D eigenvalue weighted by molar-refractivity contribution is -0.0131. The summed E-state index contributed by atoms with van der Waals surface area (Å²) in [5.41, 5.74) is 1.39. The van der Waals surface area contributed by atoms with Crippen molar-refractivity contribution in [2.45, 2.75) is 102 Å². The SMILES string of the molecule is C=C(CCCC)C(C(S)CCCCCCC)C1CCCCO1. The molecule has 1 nitrogen and oxygen atoms in total. The van der Waals surface area contributed by atoms with Gasteiger partial charge in [-0.25, -0.2) is 0 Å². The smallest absolute Gasteiger partial charge is 0.0650 e. The second-order valence-electron chi connectivity index (χ2n) is 6.96. The minimum Gasteiger partial charge on any atom is -0.378 e. The minimum atomic E-state index is 0.372. The third-order valence-corrected chi connectivity index (χ3v) is 5.54. The van der Waals surface area contributed by atoms with E-state index in [0.717, 1.165) is 13.0 Å². The van der Waals surface area contributed by atoms with Crippen LogP contribution in [0.5, 0.6) is 0 Å². The lowest BCUT2D eigenvalue weighted by Gasteiger charge is -2.35. The molecule has 3 unspecified atom stereocenters. The molecule has 130 valence electrons. The summed E-state index contributed by atoms with van der Waals surface area (Å²) in [7, 11) is 0. The van der Waals surface area contributed by atoms with Crippen molar-refractivity contribution < 1.29 is 4.74 Å². The highest BCUT2D eigenvalue weighted by Gasteiger charge is 2.31. The normalized spacial score (nSPS) is 21.5. The first-order valence-electron chi connectivity index (χ1n) is 9.68. The second kappa shape index (κ2) is 12.5. The molecule has 0 saturated carbocycles. The van der Waals surface area contributed by atoms with Crippen LogP contribution in [0.3, 0.4) is 0 Å². The van der Waals surface area contributed by atoms with Gasteiger partial charge in [-0.15, -0.1) is 0 Å². The summed E-state index contributed by atoms with van der Waals surface area (Å²) in [6.45, 7) is 9.88. The van der Waals surface area contributed by atoms with E-state index in [-0.39, 0.29) is 0 Å². The summed E-state index contributed by atoms with van der Waals surface area (Å²) in [4.78, 5) is 0. The molecule has 0 N–H and O–H groups in total. The summed E-state index contributed by atoms with van der Waals surface area (Å²) < 4.78 is 6.10. The van der Waals surface area contributed by atoms with Crippen molar-refractivity contribution in [2.75, 3.05) is 6.61 Å². The van der Waals surface area contributed by atoms with Crippen LogP contribution in [0.1, 0.15) is 90.9 Å². The van der Waals surface area contributed by atoms with Crippen LogP contribution in [0, 0.1) is 5.92 Å². The zero-order valence-electron chi connectivity index (χ0n) is 15.0. The molecular weight excluding hydrogens is 288 g/mol. The van der Waals surface area contributed by atoms with Gasteiger partial charge in [-0.1, -0.05) is 64.5 Å². The van der Waals surface area contributed by atoms with E-state index in [9.17, 15) is 0 Å². The molecule has 0 radical (unpaired) electrons. The van der Waals surface area contributed by atoms with Crippen LogP contribution in [0.4, 0.5) is 0 Å². The maximum absolute atomic E-state index is 6.10. The molecular formula is C20H38OS. The third kappa shape index (κ3) is 7.55. The second-order valence-corrected chi connectivity index (χ2v) is 7.63. The van der Waals surface area contributed by atoms with Crippen molar-refractivity contribution in [3.63, 3.8) is 0 Å². The number of ether oxygens (including phenoxy) is 1. The van der Waals surface area contributed by atoms with Crippen molar-refractivity contribution >= 4 is 12.6 Å². The van der Waals surface area contributed by atoms with E-state index in [1.807, 2.05) is 0 Å². The first-order chi connectivity index (χ1) is 10.7. The van der Waals surface area contributed by atoms with Crippen LogP contribution in [0.2, 0.25) is 0 Å². The number of unbranched alkanes of at least 4 members (excludes halogenated alkanes) is 5. The quantitative estimate of drug-likeness (QED) is 0.242. The Morgan fingerprint density at radius 1 is 1.09 bits per heavy atom. The van der Waals surface area contributed by atoms with Crippen molar-refractivity contribution in [3.8, 4) is 0 Å². The van der Waals surface area contributed by atoms with E-state index in [1.54, 1.807) is 0 Å². The van der Waals surface area contributed by atoms with Gasteiger partial charge in [0.2, 0.25) is 0 Å². The summed E-state index contributed by atoms with van der Waals surface area (Å²) in [5.74, 6) is 0.460. The summed E-state index contributed by atoms with van der Waals surface area (Å²) in [6.07, 6.45) is 15.7. The third-order valence-electron chi connectivity index (χ3n) is 4.96. The van der Waals surface area contributed by atoms with Gasteiger partial charge in [0, 0.05) is 17.8 Å². The Morgan fingerprint density at radius 2 is 1.82 bits per heavy atom. The maximum Gasteiger partial charge on any atom is 0.0650 e. The fourth-order valence-corrected chi connectivity index (χ4v) is 4.12.